The van der Waals surface area contributed by atoms with E-state index in [0.717, 1.165) is 29.7 Å². The lowest BCUT2D eigenvalue weighted by Gasteiger charge is -2.12. The molecule has 0 aromatic carbocycles. The molecule has 0 saturated heterocycles. The zero-order valence-electron chi connectivity index (χ0n) is 10.8. The van der Waals surface area contributed by atoms with Gasteiger partial charge in [-0.05, 0) is 43.9 Å². The van der Waals surface area contributed by atoms with E-state index in [1.54, 1.807) is 0 Å². The van der Waals surface area contributed by atoms with Crippen LogP contribution in [-0.2, 0) is 0 Å². The van der Waals surface area contributed by atoms with Gasteiger partial charge in [0.1, 0.15) is 11.3 Å². The highest BCUT2D eigenvalue weighted by Crippen LogP contribution is 2.25. The molecule has 90 valence electrons. The SMILES string of the molecule is CCC(C)c1c(C=O)nc2cc(C)cc(C)n12. The van der Waals surface area contributed by atoms with Gasteiger partial charge in [0.2, 0.25) is 0 Å². The van der Waals surface area contributed by atoms with E-state index in [4.69, 9.17) is 0 Å². The minimum Gasteiger partial charge on any atom is -0.300 e. The number of hydrogen-bond donors (Lipinski definition) is 0. The molecule has 3 nitrogen and oxygen atoms in total. The number of aldehydes is 1. The largest absolute Gasteiger partial charge is 0.300 e. The fourth-order valence-corrected chi connectivity index (χ4v) is 2.33. The second kappa shape index (κ2) is 4.32. The van der Waals surface area contributed by atoms with Crippen molar-refractivity contribution in [3.05, 3.63) is 34.8 Å². The Morgan fingerprint density at radius 2 is 2.12 bits per heavy atom. The van der Waals surface area contributed by atoms with E-state index in [0.29, 0.717) is 11.6 Å². The van der Waals surface area contributed by atoms with Crippen LogP contribution in [0.3, 0.4) is 0 Å². The molecule has 0 N–H and O–H groups in total. The first kappa shape index (κ1) is 11.8. The van der Waals surface area contributed by atoms with E-state index < -0.39 is 0 Å². The van der Waals surface area contributed by atoms with Crippen LogP contribution in [0.25, 0.3) is 5.65 Å². The molecule has 0 aliphatic rings. The summed E-state index contributed by atoms with van der Waals surface area (Å²) in [6.07, 6.45) is 1.87. The highest BCUT2D eigenvalue weighted by Gasteiger charge is 2.17. The van der Waals surface area contributed by atoms with Gasteiger partial charge >= 0.3 is 0 Å². The van der Waals surface area contributed by atoms with Crippen LogP contribution in [0.1, 0.15) is 53.6 Å². The van der Waals surface area contributed by atoms with E-state index in [9.17, 15) is 4.79 Å². The number of nitrogens with zero attached hydrogens (tertiary/aromatic N) is 2. The maximum atomic E-state index is 11.1. The first-order valence-electron chi connectivity index (χ1n) is 6.03. The Balaban J connectivity index is 2.83. The zero-order chi connectivity index (χ0) is 12.6. The summed E-state index contributed by atoms with van der Waals surface area (Å²) in [4.78, 5) is 15.6. The first-order valence-corrected chi connectivity index (χ1v) is 6.03. The topological polar surface area (TPSA) is 34.4 Å². The van der Waals surface area contributed by atoms with Gasteiger partial charge in [0.05, 0.1) is 5.69 Å². The molecular weight excluding hydrogens is 212 g/mol. The van der Waals surface area contributed by atoms with E-state index in [-0.39, 0.29) is 0 Å². The van der Waals surface area contributed by atoms with Crippen LogP contribution in [-0.4, -0.2) is 15.7 Å². The van der Waals surface area contributed by atoms with E-state index in [1.807, 2.05) is 13.0 Å². The molecule has 0 aliphatic heterocycles. The Morgan fingerprint density at radius 3 is 2.71 bits per heavy atom. The highest BCUT2D eigenvalue weighted by molar-refractivity contribution is 5.76. The third-order valence-electron chi connectivity index (χ3n) is 3.30. The van der Waals surface area contributed by atoms with Crippen molar-refractivity contribution in [2.75, 3.05) is 0 Å². The van der Waals surface area contributed by atoms with Crippen LogP contribution in [0.2, 0.25) is 0 Å². The molecule has 2 heterocycles. The van der Waals surface area contributed by atoms with Crippen molar-refractivity contribution in [3.63, 3.8) is 0 Å². The lowest BCUT2D eigenvalue weighted by Crippen LogP contribution is -2.03. The van der Waals surface area contributed by atoms with E-state index in [1.165, 1.54) is 5.56 Å². The van der Waals surface area contributed by atoms with Gasteiger partial charge in [0, 0.05) is 5.69 Å². The zero-order valence-corrected chi connectivity index (χ0v) is 10.8. The number of aryl methyl sites for hydroxylation is 2. The number of hydrogen-bond acceptors (Lipinski definition) is 2. The number of aromatic nitrogens is 2. The van der Waals surface area contributed by atoms with Crippen molar-refractivity contribution in [2.24, 2.45) is 0 Å². The summed E-state index contributed by atoms with van der Waals surface area (Å²) in [6.45, 7) is 8.37. The summed E-state index contributed by atoms with van der Waals surface area (Å²) in [7, 11) is 0. The van der Waals surface area contributed by atoms with Gasteiger partial charge in [-0.1, -0.05) is 13.8 Å². The van der Waals surface area contributed by atoms with Crippen LogP contribution in [0, 0.1) is 13.8 Å². The van der Waals surface area contributed by atoms with E-state index >= 15 is 0 Å². The van der Waals surface area contributed by atoms with Crippen molar-refractivity contribution in [2.45, 2.75) is 40.0 Å². The molecule has 3 heteroatoms. The maximum Gasteiger partial charge on any atom is 0.170 e. The second-order valence-corrected chi connectivity index (χ2v) is 4.68. The van der Waals surface area contributed by atoms with Crippen molar-refractivity contribution >= 4 is 11.9 Å². The Bertz CT molecular complexity index is 569. The summed E-state index contributed by atoms with van der Waals surface area (Å²) in [6, 6.07) is 4.14. The van der Waals surface area contributed by atoms with Crippen LogP contribution in [0.15, 0.2) is 12.1 Å². The fourth-order valence-electron chi connectivity index (χ4n) is 2.33. The van der Waals surface area contributed by atoms with Crippen molar-refractivity contribution < 1.29 is 4.79 Å². The van der Waals surface area contributed by atoms with Crippen LogP contribution in [0.4, 0.5) is 0 Å². The lowest BCUT2D eigenvalue weighted by molar-refractivity contribution is 0.111. The van der Waals surface area contributed by atoms with Crippen molar-refractivity contribution in [1.29, 1.82) is 0 Å². The van der Waals surface area contributed by atoms with Crippen molar-refractivity contribution in [3.8, 4) is 0 Å². The van der Waals surface area contributed by atoms with Crippen LogP contribution < -0.4 is 0 Å². The smallest absolute Gasteiger partial charge is 0.170 e. The average Bonchev–Trinajstić information content (AvgIpc) is 2.66. The number of fused-ring (bicyclic) bond motifs is 1. The Kier molecular flexibility index (Phi) is 3.01. The molecule has 1 atom stereocenters. The molecule has 0 spiro atoms. The molecule has 0 fully saturated rings. The number of pyridine rings is 1. The van der Waals surface area contributed by atoms with Gasteiger partial charge in [0.25, 0.3) is 0 Å². The van der Waals surface area contributed by atoms with Gasteiger partial charge < -0.3 is 4.40 Å². The van der Waals surface area contributed by atoms with Gasteiger partial charge in [-0.2, -0.15) is 0 Å². The molecule has 0 aliphatic carbocycles. The second-order valence-electron chi connectivity index (χ2n) is 4.68. The van der Waals surface area contributed by atoms with Crippen LogP contribution >= 0.6 is 0 Å². The molecule has 2 rings (SSSR count). The van der Waals surface area contributed by atoms with Gasteiger partial charge in [-0.3, -0.25) is 4.79 Å². The molecule has 0 amide bonds. The third kappa shape index (κ3) is 1.86. The maximum absolute atomic E-state index is 11.1. The number of rotatable bonds is 3. The Labute approximate surface area is 101 Å². The molecular formula is C14H18N2O. The van der Waals surface area contributed by atoms with Gasteiger partial charge in [0.15, 0.2) is 6.29 Å². The summed E-state index contributed by atoms with van der Waals surface area (Å²) < 4.78 is 2.10. The normalized spacial score (nSPS) is 12.9. The molecule has 17 heavy (non-hydrogen) atoms. The predicted molar refractivity (Wildman–Crippen MR) is 68.8 cm³/mol. The molecule has 0 bridgehead atoms. The lowest BCUT2D eigenvalue weighted by atomic mass is 10.0. The number of imidazole rings is 1. The Hall–Kier alpha value is -1.64. The minimum absolute atomic E-state index is 0.339. The minimum atomic E-state index is 0.339. The molecule has 1 unspecified atom stereocenters. The summed E-state index contributed by atoms with van der Waals surface area (Å²) in [5.41, 5.74) is 4.80. The summed E-state index contributed by atoms with van der Waals surface area (Å²) >= 11 is 0. The molecule has 2 aromatic rings. The van der Waals surface area contributed by atoms with E-state index in [2.05, 4.69) is 36.2 Å². The average molecular weight is 230 g/mol. The molecule has 0 radical (unpaired) electrons. The van der Waals surface area contributed by atoms with Crippen molar-refractivity contribution in [1.82, 2.24) is 9.38 Å². The first-order chi connectivity index (χ1) is 8.08. The fraction of sp³-hybridized carbons (Fsp3) is 0.429. The summed E-state index contributed by atoms with van der Waals surface area (Å²) in [5.74, 6) is 0.339. The molecule has 0 saturated carbocycles. The number of carbonyl (C=O) groups is 1. The summed E-state index contributed by atoms with van der Waals surface area (Å²) in [5, 5.41) is 0. The quantitative estimate of drug-likeness (QED) is 0.758. The monoisotopic (exact) mass is 230 g/mol. The van der Waals surface area contributed by atoms with Crippen LogP contribution in [0.5, 0.6) is 0 Å². The number of carbonyl (C=O) groups excluding carboxylic acids is 1. The Morgan fingerprint density at radius 1 is 1.41 bits per heavy atom. The third-order valence-corrected chi connectivity index (χ3v) is 3.30. The highest BCUT2D eigenvalue weighted by atomic mass is 16.1. The van der Waals surface area contributed by atoms with Gasteiger partial charge in [-0.15, -0.1) is 0 Å². The molecule has 2 aromatic heterocycles. The van der Waals surface area contributed by atoms with Gasteiger partial charge in [-0.25, -0.2) is 4.98 Å². The standard InChI is InChI=1S/C14H18N2O/c1-5-10(3)14-12(8-17)15-13-7-9(2)6-11(4)16(13)14/h6-8,10H,5H2,1-4H3. The predicted octanol–water partition coefficient (Wildman–Crippen LogP) is 3.28.